The summed E-state index contributed by atoms with van der Waals surface area (Å²) in [6.07, 6.45) is -1.10. The van der Waals surface area contributed by atoms with E-state index >= 15 is 0 Å². The van der Waals surface area contributed by atoms with E-state index in [0.717, 1.165) is 38.1 Å². The highest BCUT2D eigenvalue weighted by atomic mass is 19.4. The number of anilines is 2. The predicted molar refractivity (Wildman–Crippen MR) is 129 cm³/mol. The number of likely N-dealkylation sites (tertiary alicyclic amines) is 1. The van der Waals surface area contributed by atoms with E-state index in [9.17, 15) is 22.8 Å². The molecule has 1 saturated heterocycles. The van der Waals surface area contributed by atoms with E-state index in [1.807, 2.05) is 0 Å². The van der Waals surface area contributed by atoms with Gasteiger partial charge in [-0.2, -0.15) is 13.2 Å². The molecule has 3 aromatic rings. The van der Waals surface area contributed by atoms with E-state index < -0.39 is 23.7 Å². The maximum Gasteiger partial charge on any atom is 0.416 e. The molecule has 1 atom stereocenters. The number of amides is 3. The summed E-state index contributed by atoms with van der Waals surface area (Å²) in [7, 11) is 2.05. The molecule has 2 heterocycles. The minimum absolute atomic E-state index is 0.0171. The third-order valence-corrected chi connectivity index (χ3v) is 5.88. The van der Waals surface area contributed by atoms with Crippen molar-refractivity contribution in [2.24, 2.45) is 5.92 Å². The summed E-state index contributed by atoms with van der Waals surface area (Å²) in [5, 5.41) is 12.4. The van der Waals surface area contributed by atoms with Gasteiger partial charge in [-0.1, -0.05) is 35.0 Å². The van der Waals surface area contributed by atoms with E-state index in [1.54, 1.807) is 35.0 Å². The number of piperidine rings is 1. The van der Waals surface area contributed by atoms with Crippen LogP contribution >= 0.6 is 0 Å². The summed E-state index contributed by atoms with van der Waals surface area (Å²) in [6.45, 7) is 2.58. The van der Waals surface area contributed by atoms with Crippen molar-refractivity contribution in [1.82, 2.24) is 10.2 Å². The van der Waals surface area contributed by atoms with E-state index in [1.165, 1.54) is 12.3 Å². The maximum atomic E-state index is 13.5. The first-order chi connectivity index (χ1) is 17.6. The molecule has 0 bridgehead atoms. The van der Waals surface area contributed by atoms with Crippen molar-refractivity contribution >= 4 is 29.2 Å². The lowest BCUT2D eigenvalue weighted by Gasteiger charge is -2.26. The number of halogens is 3. The smallest absolute Gasteiger partial charge is 0.416 e. The minimum atomic E-state index is -4.69. The molecule has 2 N–H and O–H groups in total. The van der Waals surface area contributed by atoms with Crippen molar-refractivity contribution in [3.63, 3.8) is 0 Å². The third kappa shape index (κ3) is 7.78. The van der Waals surface area contributed by atoms with Gasteiger partial charge < -0.3 is 25.4 Å². The molecule has 1 aliphatic rings. The van der Waals surface area contributed by atoms with Crippen molar-refractivity contribution in [1.29, 1.82) is 0 Å². The van der Waals surface area contributed by atoms with Crippen LogP contribution in [0.3, 0.4) is 0 Å². The Hall–Kier alpha value is -3.93. The van der Waals surface area contributed by atoms with Crippen LogP contribution in [0.5, 0.6) is 0 Å². The van der Waals surface area contributed by atoms with Crippen LogP contribution in [0.2, 0.25) is 0 Å². The van der Waals surface area contributed by atoms with Crippen LogP contribution < -0.4 is 15.3 Å². The van der Waals surface area contributed by atoms with Crippen LogP contribution in [-0.2, 0) is 23.9 Å². The minimum Gasteiger partial charge on any atom is -0.424 e. The molecule has 12 heteroatoms. The molecule has 1 aliphatic heterocycles. The number of nitrogens with one attached hydrogen (secondary N) is 2. The van der Waals surface area contributed by atoms with Gasteiger partial charge in [-0.25, -0.2) is 0 Å². The summed E-state index contributed by atoms with van der Waals surface area (Å²) in [4.78, 5) is 27.0. The van der Waals surface area contributed by atoms with Gasteiger partial charge in [0.1, 0.15) is 0 Å². The topological polar surface area (TPSA) is 105 Å². The van der Waals surface area contributed by atoms with Gasteiger partial charge in [-0.3, -0.25) is 9.59 Å². The fourth-order valence-corrected chi connectivity index (χ4v) is 4.26. The van der Waals surface area contributed by atoms with Crippen LogP contribution in [0.1, 0.15) is 24.0 Å². The number of urea groups is 1. The maximum absolute atomic E-state index is 13.5. The Bertz CT molecular complexity index is 1230. The molecule has 0 saturated carbocycles. The molecule has 0 aliphatic carbocycles. The van der Waals surface area contributed by atoms with E-state index in [-0.39, 0.29) is 23.7 Å². The fraction of sp³-hybridized carbons (Fsp3) is 0.360. The lowest BCUT2D eigenvalue weighted by molar-refractivity contribution is -0.767. The highest BCUT2D eigenvalue weighted by Gasteiger charge is 2.31. The quantitative estimate of drug-likeness (QED) is 0.442. The van der Waals surface area contributed by atoms with Crippen LogP contribution in [-0.4, -0.2) is 42.2 Å². The van der Waals surface area contributed by atoms with Crippen molar-refractivity contribution in [2.45, 2.75) is 32.0 Å². The summed E-state index contributed by atoms with van der Waals surface area (Å²) in [5.74, 6) is -0.191. The Kier molecular flexibility index (Phi) is 8.07. The summed E-state index contributed by atoms with van der Waals surface area (Å²) in [5.41, 5.74) is -0.619. The fourth-order valence-electron chi connectivity index (χ4n) is 4.26. The number of carbonyl (C=O) groups excluding carboxylic acids is 2. The average molecular weight is 517 g/mol. The van der Waals surface area contributed by atoms with Crippen LogP contribution in [0, 0.1) is 5.92 Å². The molecule has 1 unspecified atom stereocenters. The summed E-state index contributed by atoms with van der Waals surface area (Å²) in [6, 6.07) is 10.6. The zero-order valence-corrected chi connectivity index (χ0v) is 20.2. The molecule has 1 fully saturated rings. The molecule has 2 aromatic carbocycles. The largest absolute Gasteiger partial charge is 0.424 e. The Balaban J connectivity index is 1.40. The van der Waals surface area contributed by atoms with Gasteiger partial charge >= 0.3 is 6.18 Å². The first-order valence-corrected chi connectivity index (χ1v) is 11.8. The van der Waals surface area contributed by atoms with Crippen LogP contribution in [0.4, 0.5) is 35.2 Å². The first-order valence-electron chi connectivity index (χ1n) is 11.8. The van der Waals surface area contributed by atoms with Crippen LogP contribution in [0.15, 0.2) is 59.3 Å². The molecule has 3 amide bonds. The summed E-state index contributed by atoms with van der Waals surface area (Å²) < 4.78 is 47.0. The Labute approximate surface area is 211 Å². The Morgan fingerprint density at radius 2 is 1.89 bits per heavy atom. The zero-order chi connectivity index (χ0) is 26.4. The number of alkyl halides is 3. The Morgan fingerprint density at radius 3 is 2.59 bits per heavy atom. The Morgan fingerprint density at radius 1 is 1.16 bits per heavy atom. The normalized spacial score (nSPS) is 16.3. The van der Waals surface area contributed by atoms with Gasteiger partial charge in [0.2, 0.25) is 18.0 Å². The first kappa shape index (κ1) is 26.1. The molecule has 196 valence electrons. The van der Waals surface area contributed by atoms with E-state index in [2.05, 4.69) is 33.2 Å². The molecule has 1 aromatic heterocycles. The molecular formula is C25H27F3N6O3. The lowest BCUT2D eigenvalue weighted by atomic mass is 9.99. The molecule has 0 radical (unpaired) electrons. The number of nitrogens with zero attached hydrogens (tertiary/aromatic N) is 4. The molecule has 4 rings (SSSR count). The van der Waals surface area contributed by atoms with Gasteiger partial charge in [0.15, 0.2) is 17.8 Å². The summed E-state index contributed by atoms with van der Waals surface area (Å²) >= 11 is 0. The zero-order valence-electron chi connectivity index (χ0n) is 20.2. The number of hydrogen-bond donors (Lipinski definition) is 2. The SMILES string of the molecule is CN1CCCC(C[n+]2cc([N-]C(=O)Nc3cc(NC(=O)Cc4ccccc4)cc(C(F)(F)F)c3)on2)C1. The van der Waals surface area contributed by atoms with Crippen molar-refractivity contribution in [2.75, 3.05) is 30.8 Å². The molecule has 37 heavy (non-hydrogen) atoms. The second-order valence-electron chi connectivity index (χ2n) is 9.08. The number of carbonyl (C=O) groups is 2. The van der Waals surface area contributed by atoms with Crippen molar-refractivity contribution in [3.8, 4) is 0 Å². The predicted octanol–water partition coefficient (Wildman–Crippen LogP) is 4.74. The third-order valence-electron chi connectivity index (χ3n) is 5.88. The van der Waals surface area contributed by atoms with Gasteiger partial charge in [-0.15, -0.1) is 0 Å². The van der Waals surface area contributed by atoms with Gasteiger partial charge in [0, 0.05) is 18.2 Å². The monoisotopic (exact) mass is 516 g/mol. The van der Waals surface area contributed by atoms with E-state index in [0.29, 0.717) is 18.0 Å². The molecule has 9 nitrogen and oxygen atoms in total. The molecule has 0 spiro atoms. The standard InChI is InChI=1S/C25H27F3N6O3/c1-33-9-5-8-18(14-33)15-34-16-23(37-32-34)31-24(36)30-21-12-19(25(26,27)28)11-20(13-21)29-22(35)10-17-6-3-2-4-7-17/h2-4,6-7,11-13,16,18H,5,8-10,14-15H2,1H3,(H2-,29,30,31,32,35,36). The van der Waals surface area contributed by atoms with Crippen molar-refractivity contribution in [3.05, 3.63) is 71.2 Å². The number of aromatic nitrogens is 2. The van der Waals surface area contributed by atoms with Gasteiger partial charge in [0.05, 0.1) is 12.0 Å². The van der Waals surface area contributed by atoms with Gasteiger partial charge in [-0.05, 0) is 55.9 Å². The number of hydrogen-bond acceptors (Lipinski definition) is 5. The van der Waals surface area contributed by atoms with Crippen LogP contribution in [0.25, 0.3) is 5.32 Å². The average Bonchev–Trinajstić information content (AvgIpc) is 3.25. The highest BCUT2D eigenvalue weighted by molar-refractivity contribution is 6.04. The van der Waals surface area contributed by atoms with Crippen molar-refractivity contribution < 1.29 is 32.0 Å². The van der Waals surface area contributed by atoms with Gasteiger partial charge in [0.25, 0.3) is 0 Å². The number of benzene rings is 2. The lowest BCUT2D eigenvalue weighted by Crippen LogP contribution is -2.44. The highest BCUT2D eigenvalue weighted by Crippen LogP contribution is 2.34. The molecular weight excluding hydrogens is 489 g/mol. The van der Waals surface area contributed by atoms with E-state index in [4.69, 9.17) is 4.52 Å². The second-order valence-corrected chi connectivity index (χ2v) is 9.08. The number of rotatable bonds is 7. The second kappa shape index (κ2) is 11.4.